The molecule has 9 nitrogen and oxygen atoms in total. The van der Waals surface area contributed by atoms with Crippen LogP contribution in [0.2, 0.25) is 0 Å². The molecule has 1 fully saturated rings. The van der Waals surface area contributed by atoms with Crippen molar-refractivity contribution < 1.29 is 9.59 Å². The van der Waals surface area contributed by atoms with Crippen LogP contribution in [0.1, 0.15) is 31.3 Å². The van der Waals surface area contributed by atoms with E-state index in [-0.39, 0.29) is 18.5 Å². The van der Waals surface area contributed by atoms with E-state index in [4.69, 9.17) is 0 Å². The van der Waals surface area contributed by atoms with E-state index in [1.807, 2.05) is 13.8 Å². The highest BCUT2D eigenvalue weighted by molar-refractivity contribution is 6.04. The Morgan fingerprint density at radius 1 is 1.26 bits per heavy atom. The second-order valence-electron chi connectivity index (χ2n) is 5.63. The Morgan fingerprint density at radius 3 is 2.74 bits per heavy atom. The number of hydrogen-bond donors (Lipinski definition) is 1. The number of aromatic nitrogens is 5. The highest BCUT2D eigenvalue weighted by atomic mass is 16.2. The Balaban J connectivity index is 1.68. The lowest BCUT2D eigenvalue weighted by molar-refractivity contribution is -0.127. The largest absolute Gasteiger partial charge is 0.325 e. The normalized spacial score (nSPS) is 17.9. The highest BCUT2D eigenvalue weighted by Gasteiger charge is 2.38. The van der Waals surface area contributed by atoms with Crippen molar-refractivity contribution in [1.82, 2.24) is 35.4 Å². The van der Waals surface area contributed by atoms with E-state index in [2.05, 4.69) is 25.8 Å². The minimum absolute atomic E-state index is 0.105. The Hall–Kier alpha value is -2.84. The van der Waals surface area contributed by atoms with Crippen molar-refractivity contribution in [2.45, 2.75) is 38.9 Å². The SMILES string of the molecule is CC(C)n1cc(CC2NC(=O)N(Cc3cccnn3)C2=O)nn1. The summed E-state index contributed by atoms with van der Waals surface area (Å²) in [6.45, 7) is 4.08. The van der Waals surface area contributed by atoms with E-state index in [0.717, 1.165) is 4.90 Å². The zero-order valence-corrected chi connectivity index (χ0v) is 12.9. The van der Waals surface area contributed by atoms with Crippen LogP contribution in [0.3, 0.4) is 0 Å². The van der Waals surface area contributed by atoms with Crippen molar-refractivity contribution in [2.24, 2.45) is 0 Å². The van der Waals surface area contributed by atoms with Crippen LogP contribution in [-0.4, -0.2) is 48.1 Å². The van der Waals surface area contributed by atoms with Crippen molar-refractivity contribution in [3.05, 3.63) is 35.9 Å². The lowest BCUT2D eigenvalue weighted by Gasteiger charge is -2.11. The molecule has 0 spiro atoms. The van der Waals surface area contributed by atoms with Crippen molar-refractivity contribution in [3.63, 3.8) is 0 Å². The van der Waals surface area contributed by atoms with E-state index >= 15 is 0 Å². The average molecular weight is 315 g/mol. The first-order chi connectivity index (χ1) is 11.0. The summed E-state index contributed by atoms with van der Waals surface area (Å²) in [4.78, 5) is 25.6. The molecule has 9 heteroatoms. The molecule has 0 bridgehead atoms. The molecule has 0 radical (unpaired) electrons. The third kappa shape index (κ3) is 3.17. The third-order valence-corrected chi connectivity index (χ3v) is 3.55. The molecule has 3 heterocycles. The molecule has 120 valence electrons. The standard InChI is InChI=1S/C14H17N7O2/c1-9(2)21-8-11(18-19-21)6-12-13(22)20(14(23)16-12)7-10-4-3-5-15-17-10/h3-5,8-9,12H,6-7H2,1-2H3,(H,16,23). The first-order valence-corrected chi connectivity index (χ1v) is 7.33. The summed E-state index contributed by atoms with van der Waals surface area (Å²) in [6, 6.07) is 2.56. The summed E-state index contributed by atoms with van der Waals surface area (Å²) in [5.74, 6) is -0.292. The predicted octanol–water partition coefficient (Wildman–Crippen LogP) is 0.312. The van der Waals surface area contributed by atoms with E-state index in [0.29, 0.717) is 17.8 Å². The second kappa shape index (κ2) is 6.11. The van der Waals surface area contributed by atoms with Crippen LogP contribution in [0, 0.1) is 0 Å². The van der Waals surface area contributed by atoms with Crippen molar-refractivity contribution in [1.29, 1.82) is 0 Å². The van der Waals surface area contributed by atoms with Crippen LogP contribution < -0.4 is 5.32 Å². The number of imide groups is 1. The van der Waals surface area contributed by atoms with Gasteiger partial charge < -0.3 is 5.32 Å². The summed E-state index contributed by atoms with van der Waals surface area (Å²) in [5.41, 5.74) is 1.22. The number of nitrogens with zero attached hydrogens (tertiary/aromatic N) is 6. The van der Waals surface area contributed by atoms with Gasteiger partial charge in [-0.1, -0.05) is 5.21 Å². The average Bonchev–Trinajstić information content (AvgIpc) is 3.10. The minimum Gasteiger partial charge on any atom is -0.325 e. The number of carbonyl (C=O) groups excluding carboxylic acids is 2. The van der Waals surface area contributed by atoms with Gasteiger partial charge in [-0.3, -0.25) is 9.69 Å². The Morgan fingerprint density at radius 2 is 2.09 bits per heavy atom. The van der Waals surface area contributed by atoms with E-state index in [1.54, 1.807) is 23.0 Å². The first-order valence-electron chi connectivity index (χ1n) is 7.33. The molecule has 0 aliphatic carbocycles. The zero-order valence-electron chi connectivity index (χ0n) is 12.9. The fourth-order valence-corrected chi connectivity index (χ4v) is 2.31. The molecule has 2 aromatic rings. The fraction of sp³-hybridized carbons (Fsp3) is 0.429. The summed E-state index contributed by atoms with van der Waals surface area (Å²) in [6.07, 6.45) is 3.64. The van der Waals surface area contributed by atoms with Crippen LogP contribution in [0.25, 0.3) is 0 Å². The van der Waals surface area contributed by atoms with Gasteiger partial charge in [0.1, 0.15) is 6.04 Å². The molecule has 23 heavy (non-hydrogen) atoms. The van der Waals surface area contributed by atoms with Crippen LogP contribution in [0.15, 0.2) is 24.5 Å². The number of urea groups is 1. The lowest BCUT2D eigenvalue weighted by atomic mass is 10.1. The Bertz CT molecular complexity index is 713. The zero-order chi connectivity index (χ0) is 16.4. The van der Waals surface area contributed by atoms with Gasteiger partial charge in [-0.15, -0.1) is 5.10 Å². The van der Waals surface area contributed by atoms with Gasteiger partial charge in [-0.2, -0.15) is 10.2 Å². The first kappa shape index (κ1) is 15.1. The minimum atomic E-state index is -0.628. The fourth-order valence-electron chi connectivity index (χ4n) is 2.31. The maximum atomic E-state index is 12.4. The molecule has 1 aliphatic heterocycles. The van der Waals surface area contributed by atoms with Gasteiger partial charge in [0.15, 0.2) is 0 Å². The maximum Gasteiger partial charge on any atom is 0.325 e. The van der Waals surface area contributed by atoms with Gasteiger partial charge in [0.25, 0.3) is 5.91 Å². The number of nitrogens with one attached hydrogen (secondary N) is 1. The molecule has 2 aromatic heterocycles. The smallest absolute Gasteiger partial charge is 0.325 e. The Kier molecular flexibility index (Phi) is 4.00. The molecular weight excluding hydrogens is 298 g/mol. The molecular formula is C14H17N7O2. The Labute approximate surface area is 132 Å². The quantitative estimate of drug-likeness (QED) is 0.796. The van der Waals surface area contributed by atoms with Crippen LogP contribution in [0.4, 0.5) is 4.79 Å². The molecule has 3 rings (SSSR count). The number of amides is 3. The monoisotopic (exact) mass is 315 g/mol. The number of carbonyl (C=O) groups is 2. The van der Waals surface area contributed by atoms with Crippen molar-refractivity contribution in [2.75, 3.05) is 0 Å². The second-order valence-corrected chi connectivity index (χ2v) is 5.63. The summed E-state index contributed by atoms with van der Waals surface area (Å²) in [5, 5.41) is 18.3. The van der Waals surface area contributed by atoms with E-state index in [9.17, 15) is 9.59 Å². The highest BCUT2D eigenvalue weighted by Crippen LogP contribution is 2.14. The maximum absolute atomic E-state index is 12.4. The van der Waals surface area contributed by atoms with Gasteiger partial charge >= 0.3 is 6.03 Å². The van der Waals surface area contributed by atoms with Crippen molar-refractivity contribution in [3.8, 4) is 0 Å². The van der Waals surface area contributed by atoms with Crippen molar-refractivity contribution >= 4 is 11.9 Å². The van der Waals surface area contributed by atoms with Gasteiger partial charge in [0.05, 0.1) is 17.9 Å². The molecule has 1 atom stereocenters. The molecule has 0 aromatic carbocycles. The lowest BCUT2D eigenvalue weighted by Crippen LogP contribution is -2.32. The van der Waals surface area contributed by atoms with Gasteiger partial charge in [-0.05, 0) is 26.0 Å². The molecule has 0 saturated carbocycles. The van der Waals surface area contributed by atoms with Crippen LogP contribution in [0.5, 0.6) is 0 Å². The van der Waals surface area contributed by atoms with Gasteiger partial charge in [0, 0.05) is 24.9 Å². The van der Waals surface area contributed by atoms with Gasteiger partial charge in [0.2, 0.25) is 0 Å². The summed E-state index contributed by atoms with van der Waals surface area (Å²) >= 11 is 0. The number of hydrogen-bond acceptors (Lipinski definition) is 6. The topological polar surface area (TPSA) is 106 Å². The summed E-state index contributed by atoms with van der Waals surface area (Å²) < 4.78 is 1.72. The number of rotatable bonds is 5. The van der Waals surface area contributed by atoms with Gasteiger partial charge in [-0.25, -0.2) is 9.48 Å². The predicted molar refractivity (Wildman–Crippen MR) is 79.0 cm³/mol. The molecule has 1 aliphatic rings. The van der Waals surface area contributed by atoms with Crippen LogP contribution >= 0.6 is 0 Å². The van der Waals surface area contributed by atoms with E-state index in [1.165, 1.54) is 6.20 Å². The molecule has 1 unspecified atom stereocenters. The molecule has 1 N–H and O–H groups in total. The summed E-state index contributed by atoms with van der Waals surface area (Å²) in [7, 11) is 0. The van der Waals surface area contributed by atoms with E-state index < -0.39 is 12.1 Å². The third-order valence-electron chi connectivity index (χ3n) is 3.55. The molecule has 3 amide bonds. The van der Waals surface area contributed by atoms with Crippen LogP contribution in [-0.2, 0) is 17.8 Å². The molecule has 1 saturated heterocycles.